The lowest BCUT2D eigenvalue weighted by molar-refractivity contribution is 0.486. The van der Waals surface area contributed by atoms with E-state index in [-0.39, 0.29) is 5.38 Å². The van der Waals surface area contributed by atoms with Gasteiger partial charge >= 0.3 is 0 Å². The first-order chi connectivity index (χ1) is 5.25. The van der Waals surface area contributed by atoms with Gasteiger partial charge in [-0.2, -0.15) is 4.98 Å². The third-order valence-electron chi connectivity index (χ3n) is 1.82. The zero-order valence-corrected chi connectivity index (χ0v) is 6.75. The molecule has 2 rings (SSSR count). The van der Waals surface area contributed by atoms with Crippen LogP contribution in [0.15, 0.2) is 0 Å². The Morgan fingerprint density at radius 2 is 2.45 bits per heavy atom. The van der Waals surface area contributed by atoms with E-state index in [4.69, 9.17) is 17.3 Å². The van der Waals surface area contributed by atoms with Gasteiger partial charge in [0.25, 0.3) is 0 Å². The Kier molecular flexibility index (Phi) is 1.49. The molecule has 0 fully saturated rings. The molecule has 0 saturated heterocycles. The number of hydrogen-bond donors (Lipinski definition) is 1. The van der Waals surface area contributed by atoms with Crippen LogP contribution >= 0.6 is 11.6 Å². The van der Waals surface area contributed by atoms with Crippen LogP contribution in [-0.4, -0.2) is 20.1 Å². The Balaban J connectivity index is 2.34. The van der Waals surface area contributed by atoms with Crippen molar-refractivity contribution >= 4 is 17.5 Å². The minimum Gasteiger partial charge on any atom is -0.366 e. The van der Waals surface area contributed by atoms with Crippen LogP contribution in [-0.2, 0) is 13.0 Å². The summed E-state index contributed by atoms with van der Waals surface area (Å²) in [6.45, 7) is 0.737. The Morgan fingerprint density at radius 1 is 1.64 bits per heavy atom. The first-order valence-electron chi connectivity index (χ1n) is 3.59. The number of rotatable bonds is 0. The number of anilines is 1. The van der Waals surface area contributed by atoms with Crippen LogP contribution in [0.2, 0.25) is 0 Å². The third kappa shape index (κ3) is 1.18. The number of fused-ring (bicyclic) bond motifs is 1. The van der Waals surface area contributed by atoms with E-state index in [1.54, 1.807) is 4.68 Å². The third-order valence-corrected chi connectivity index (χ3v) is 2.17. The summed E-state index contributed by atoms with van der Waals surface area (Å²) in [5.74, 6) is 1.31. The van der Waals surface area contributed by atoms with Crippen molar-refractivity contribution < 1.29 is 0 Å². The molecular formula is C6H9ClN4. The highest BCUT2D eigenvalue weighted by atomic mass is 35.5. The molecule has 0 spiro atoms. The summed E-state index contributed by atoms with van der Waals surface area (Å²) >= 11 is 5.92. The minimum absolute atomic E-state index is 0.184. The van der Waals surface area contributed by atoms with Gasteiger partial charge in [-0.05, 0) is 6.42 Å². The second-order valence-electron chi connectivity index (χ2n) is 2.70. The average molecular weight is 173 g/mol. The molecule has 0 radical (unpaired) electrons. The summed E-state index contributed by atoms with van der Waals surface area (Å²) in [7, 11) is 0. The first-order valence-corrected chi connectivity index (χ1v) is 4.02. The second kappa shape index (κ2) is 2.37. The highest BCUT2D eigenvalue weighted by Crippen LogP contribution is 2.17. The van der Waals surface area contributed by atoms with Crippen LogP contribution in [0, 0.1) is 0 Å². The summed E-state index contributed by atoms with van der Waals surface area (Å²) in [5.41, 5.74) is 5.42. The van der Waals surface area contributed by atoms with Crippen LogP contribution in [0.5, 0.6) is 0 Å². The molecule has 1 aliphatic heterocycles. The molecule has 0 amide bonds. The number of nitrogen functional groups attached to an aromatic ring is 1. The highest BCUT2D eigenvalue weighted by Gasteiger charge is 2.18. The molecule has 1 unspecified atom stereocenters. The fourth-order valence-corrected chi connectivity index (χ4v) is 1.53. The smallest absolute Gasteiger partial charge is 0.239 e. The molecule has 2 N–H and O–H groups in total. The van der Waals surface area contributed by atoms with Crippen molar-refractivity contribution in [1.82, 2.24) is 14.8 Å². The predicted octanol–water partition coefficient (Wildman–Crippen LogP) is 0.414. The molecule has 4 nitrogen and oxygen atoms in total. The van der Waals surface area contributed by atoms with Crippen LogP contribution < -0.4 is 5.73 Å². The minimum atomic E-state index is 0.184. The molecule has 5 heteroatoms. The van der Waals surface area contributed by atoms with Gasteiger partial charge in [-0.15, -0.1) is 16.7 Å². The lowest BCUT2D eigenvalue weighted by atomic mass is 10.2. The zero-order valence-electron chi connectivity index (χ0n) is 6.00. The number of nitrogens with zero attached hydrogens (tertiary/aromatic N) is 3. The number of nitrogens with two attached hydrogens (primary N) is 1. The van der Waals surface area contributed by atoms with Gasteiger partial charge < -0.3 is 5.73 Å². The van der Waals surface area contributed by atoms with Gasteiger partial charge in [0.05, 0.1) is 11.9 Å². The molecule has 0 aliphatic carbocycles. The lowest BCUT2D eigenvalue weighted by Crippen LogP contribution is -2.21. The summed E-state index contributed by atoms with van der Waals surface area (Å²) in [5, 5.41) is 4.18. The Labute approximate surface area is 69.4 Å². The number of halogens is 1. The maximum atomic E-state index is 5.92. The second-order valence-corrected chi connectivity index (χ2v) is 3.32. The highest BCUT2D eigenvalue weighted by molar-refractivity contribution is 6.20. The normalized spacial score (nSPS) is 23.2. The number of alkyl halides is 1. The molecule has 11 heavy (non-hydrogen) atoms. The molecule has 60 valence electrons. The van der Waals surface area contributed by atoms with Crippen molar-refractivity contribution in [1.29, 1.82) is 0 Å². The fraction of sp³-hybridized carbons (Fsp3) is 0.667. The van der Waals surface area contributed by atoms with Crippen molar-refractivity contribution in [3.8, 4) is 0 Å². The van der Waals surface area contributed by atoms with E-state index < -0.39 is 0 Å². The van der Waals surface area contributed by atoms with Crippen molar-refractivity contribution in [2.45, 2.75) is 24.8 Å². The molecule has 1 aromatic rings. The maximum Gasteiger partial charge on any atom is 0.239 e. The van der Waals surface area contributed by atoms with Gasteiger partial charge in [-0.3, -0.25) is 0 Å². The molecule has 1 atom stereocenters. The van der Waals surface area contributed by atoms with Crippen LogP contribution in [0.25, 0.3) is 0 Å². The predicted molar refractivity (Wildman–Crippen MR) is 42.4 cm³/mol. The monoisotopic (exact) mass is 172 g/mol. The van der Waals surface area contributed by atoms with E-state index in [9.17, 15) is 0 Å². The molecular weight excluding hydrogens is 164 g/mol. The van der Waals surface area contributed by atoms with E-state index in [1.165, 1.54) is 0 Å². The van der Waals surface area contributed by atoms with Crippen molar-refractivity contribution in [3.05, 3.63) is 5.82 Å². The Morgan fingerprint density at radius 3 is 3.27 bits per heavy atom. The quantitative estimate of drug-likeness (QED) is 0.577. The van der Waals surface area contributed by atoms with Crippen LogP contribution in [0.4, 0.5) is 5.95 Å². The van der Waals surface area contributed by atoms with Crippen molar-refractivity contribution in [2.75, 3.05) is 5.73 Å². The SMILES string of the molecule is Nc1nc2n(n1)CC(Cl)CC2. The van der Waals surface area contributed by atoms with Gasteiger partial charge in [0.1, 0.15) is 5.82 Å². The van der Waals surface area contributed by atoms with Gasteiger partial charge in [-0.1, -0.05) is 0 Å². The number of aromatic nitrogens is 3. The Hall–Kier alpha value is -0.770. The van der Waals surface area contributed by atoms with Gasteiger partial charge in [0.2, 0.25) is 5.95 Å². The van der Waals surface area contributed by atoms with Crippen molar-refractivity contribution in [3.63, 3.8) is 0 Å². The van der Waals surface area contributed by atoms with E-state index in [0.717, 1.165) is 25.2 Å². The van der Waals surface area contributed by atoms with E-state index in [1.807, 2.05) is 0 Å². The largest absolute Gasteiger partial charge is 0.366 e. The summed E-state index contributed by atoms with van der Waals surface area (Å²) in [6, 6.07) is 0. The zero-order chi connectivity index (χ0) is 7.84. The van der Waals surface area contributed by atoms with Crippen LogP contribution in [0.1, 0.15) is 12.2 Å². The van der Waals surface area contributed by atoms with Crippen LogP contribution in [0.3, 0.4) is 0 Å². The number of aryl methyl sites for hydroxylation is 1. The summed E-state index contributed by atoms with van der Waals surface area (Å²) in [4.78, 5) is 4.06. The van der Waals surface area contributed by atoms with Gasteiger partial charge in [0, 0.05) is 6.42 Å². The molecule has 0 saturated carbocycles. The van der Waals surface area contributed by atoms with Crippen molar-refractivity contribution in [2.24, 2.45) is 0 Å². The lowest BCUT2D eigenvalue weighted by Gasteiger charge is -2.15. The fourth-order valence-electron chi connectivity index (χ4n) is 1.29. The number of hydrogen-bond acceptors (Lipinski definition) is 3. The summed E-state index contributed by atoms with van der Waals surface area (Å²) < 4.78 is 1.79. The van der Waals surface area contributed by atoms with E-state index in [0.29, 0.717) is 5.95 Å². The molecule has 2 heterocycles. The Bertz CT molecular complexity index is 270. The topological polar surface area (TPSA) is 56.7 Å². The van der Waals surface area contributed by atoms with Gasteiger partial charge in [-0.25, -0.2) is 4.68 Å². The molecule has 0 bridgehead atoms. The van der Waals surface area contributed by atoms with E-state index in [2.05, 4.69) is 10.1 Å². The first kappa shape index (κ1) is 6.91. The van der Waals surface area contributed by atoms with Gasteiger partial charge in [0.15, 0.2) is 0 Å². The molecule has 1 aliphatic rings. The maximum absolute atomic E-state index is 5.92. The summed E-state index contributed by atoms with van der Waals surface area (Å²) in [6.07, 6.45) is 1.86. The standard InChI is InChI=1S/C6H9ClN4/c7-4-1-2-5-9-6(8)10-11(5)3-4/h4H,1-3H2,(H2,8,10). The van der Waals surface area contributed by atoms with E-state index >= 15 is 0 Å². The molecule has 0 aromatic carbocycles. The molecule has 1 aromatic heterocycles. The average Bonchev–Trinajstić information content (AvgIpc) is 2.27.